The highest BCUT2D eigenvalue weighted by Gasteiger charge is 2.29. The number of aromatic nitrogens is 1. The van der Waals surface area contributed by atoms with Crippen LogP contribution in [-0.4, -0.2) is 40.7 Å². The lowest BCUT2D eigenvalue weighted by molar-refractivity contribution is 0.0504. The molecule has 20 heavy (non-hydrogen) atoms. The van der Waals surface area contributed by atoms with Gasteiger partial charge in [-0.15, -0.1) is 0 Å². The van der Waals surface area contributed by atoms with Crippen molar-refractivity contribution in [3.8, 4) is 0 Å². The third-order valence-corrected chi connectivity index (χ3v) is 3.56. The SMILES string of the molecule is CC(c1ccc[nH]1)N1CC[C@@H](NC(=O)OC(C)(C)C)C1. The number of amides is 1. The molecule has 2 N–H and O–H groups in total. The highest BCUT2D eigenvalue weighted by Crippen LogP contribution is 2.23. The van der Waals surface area contributed by atoms with Gasteiger partial charge in [0.05, 0.1) is 0 Å². The number of nitrogens with zero attached hydrogens (tertiary/aromatic N) is 1. The van der Waals surface area contributed by atoms with Gasteiger partial charge in [-0.2, -0.15) is 0 Å². The van der Waals surface area contributed by atoms with Gasteiger partial charge in [0.25, 0.3) is 0 Å². The van der Waals surface area contributed by atoms with Crippen molar-refractivity contribution in [2.24, 2.45) is 0 Å². The summed E-state index contributed by atoms with van der Waals surface area (Å²) in [6.07, 6.45) is 2.58. The number of H-pyrrole nitrogens is 1. The van der Waals surface area contributed by atoms with E-state index in [4.69, 9.17) is 4.74 Å². The average Bonchev–Trinajstić information content (AvgIpc) is 2.95. The van der Waals surface area contributed by atoms with Crippen LogP contribution in [0.25, 0.3) is 0 Å². The van der Waals surface area contributed by atoms with E-state index in [9.17, 15) is 4.79 Å². The van der Waals surface area contributed by atoms with Crippen LogP contribution < -0.4 is 5.32 Å². The van der Waals surface area contributed by atoms with Gasteiger partial charge >= 0.3 is 6.09 Å². The molecule has 1 fully saturated rings. The van der Waals surface area contributed by atoms with Crippen LogP contribution in [0.4, 0.5) is 4.79 Å². The number of aromatic amines is 1. The van der Waals surface area contributed by atoms with Crippen LogP contribution in [-0.2, 0) is 4.74 Å². The Morgan fingerprint density at radius 3 is 2.90 bits per heavy atom. The van der Waals surface area contributed by atoms with Gasteiger partial charge in [0, 0.05) is 37.1 Å². The van der Waals surface area contributed by atoms with Gasteiger partial charge in [0.2, 0.25) is 0 Å². The minimum absolute atomic E-state index is 0.169. The zero-order valence-corrected chi connectivity index (χ0v) is 12.8. The van der Waals surface area contributed by atoms with Gasteiger partial charge in [0.1, 0.15) is 5.60 Å². The summed E-state index contributed by atoms with van der Waals surface area (Å²) in [7, 11) is 0. The Morgan fingerprint density at radius 1 is 1.55 bits per heavy atom. The lowest BCUT2D eigenvalue weighted by Gasteiger charge is -2.24. The molecule has 1 saturated heterocycles. The smallest absolute Gasteiger partial charge is 0.407 e. The quantitative estimate of drug-likeness (QED) is 0.894. The molecule has 0 bridgehead atoms. The van der Waals surface area contributed by atoms with Crippen LogP contribution in [0.1, 0.15) is 45.9 Å². The van der Waals surface area contributed by atoms with Crippen molar-refractivity contribution >= 4 is 6.09 Å². The second-order valence-corrected chi connectivity index (χ2v) is 6.43. The standard InChI is InChI=1S/C15H25N3O2/c1-11(13-6-5-8-16-13)18-9-7-12(10-18)17-14(19)20-15(2,3)4/h5-6,8,11-12,16H,7,9-10H2,1-4H3,(H,17,19)/t11?,12-/m1/s1. The second kappa shape index (κ2) is 5.87. The molecule has 0 radical (unpaired) electrons. The Hall–Kier alpha value is -1.49. The lowest BCUT2D eigenvalue weighted by atomic mass is 10.2. The van der Waals surface area contributed by atoms with Crippen molar-refractivity contribution in [3.63, 3.8) is 0 Å². The summed E-state index contributed by atoms with van der Waals surface area (Å²) in [4.78, 5) is 17.4. The minimum Gasteiger partial charge on any atom is -0.444 e. The number of likely N-dealkylation sites (tertiary alicyclic amines) is 1. The molecule has 0 aromatic carbocycles. The number of carbonyl (C=O) groups excluding carboxylic acids is 1. The Balaban J connectivity index is 1.82. The van der Waals surface area contributed by atoms with Crippen LogP contribution in [0.2, 0.25) is 0 Å². The summed E-state index contributed by atoms with van der Waals surface area (Å²) in [5.41, 5.74) is 0.767. The molecule has 1 aliphatic heterocycles. The highest BCUT2D eigenvalue weighted by molar-refractivity contribution is 5.68. The van der Waals surface area contributed by atoms with E-state index in [2.05, 4.69) is 28.2 Å². The largest absolute Gasteiger partial charge is 0.444 e. The van der Waals surface area contributed by atoms with Gasteiger partial charge in [-0.05, 0) is 46.2 Å². The number of ether oxygens (including phenoxy) is 1. The van der Waals surface area contributed by atoms with E-state index in [0.717, 1.165) is 19.5 Å². The van der Waals surface area contributed by atoms with E-state index in [-0.39, 0.29) is 12.1 Å². The van der Waals surface area contributed by atoms with Crippen LogP contribution >= 0.6 is 0 Å². The zero-order chi connectivity index (χ0) is 14.8. The number of rotatable bonds is 3. The predicted molar refractivity (Wildman–Crippen MR) is 78.6 cm³/mol. The van der Waals surface area contributed by atoms with Crippen LogP contribution in [0, 0.1) is 0 Å². The summed E-state index contributed by atoms with van der Waals surface area (Å²) < 4.78 is 5.29. The van der Waals surface area contributed by atoms with Crippen LogP contribution in [0.15, 0.2) is 18.3 Å². The van der Waals surface area contributed by atoms with E-state index >= 15 is 0 Å². The maximum atomic E-state index is 11.8. The third kappa shape index (κ3) is 4.00. The van der Waals surface area contributed by atoms with Crippen molar-refractivity contribution in [1.29, 1.82) is 0 Å². The summed E-state index contributed by atoms with van der Waals surface area (Å²) in [5.74, 6) is 0. The fourth-order valence-electron chi connectivity index (χ4n) is 2.53. The zero-order valence-electron chi connectivity index (χ0n) is 12.8. The van der Waals surface area contributed by atoms with Crippen molar-refractivity contribution in [1.82, 2.24) is 15.2 Å². The first-order valence-electron chi connectivity index (χ1n) is 7.22. The molecule has 112 valence electrons. The van der Waals surface area contributed by atoms with Crippen LogP contribution in [0.5, 0.6) is 0 Å². The first-order chi connectivity index (χ1) is 9.35. The first-order valence-corrected chi connectivity index (χ1v) is 7.22. The molecular weight excluding hydrogens is 254 g/mol. The maximum Gasteiger partial charge on any atom is 0.407 e. The van der Waals surface area contributed by atoms with Gasteiger partial charge in [0.15, 0.2) is 0 Å². The molecule has 2 atom stereocenters. The molecule has 5 heteroatoms. The van der Waals surface area contributed by atoms with Gasteiger partial charge in [-0.3, -0.25) is 4.90 Å². The van der Waals surface area contributed by atoms with E-state index < -0.39 is 5.60 Å². The molecule has 0 saturated carbocycles. The number of alkyl carbamates (subject to hydrolysis) is 1. The molecule has 1 amide bonds. The molecule has 2 rings (SSSR count). The Bertz CT molecular complexity index is 436. The Morgan fingerprint density at radius 2 is 2.30 bits per heavy atom. The first kappa shape index (κ1) is 14.9. The van der Waals surface area contributed by atoms with Gasteiger partial charge in [-0.1, -0.05) is 0 Å². The fraction of sp³-hybridized carbons (Fsp3) is 0.667. The lowest BCUT2D eigenvalue weighted by Crippen LogP contribution is -2.40. The molecule has 1 aromatic rings. The maximum absolute atomic E-state index is 11.8. The van der Waals surface area contributed by atoms with E-state index in [1.807, 2.05) is 33.0 Å². The molecule has 2 heterocycles. The molecule has 1 unspecified atom stereocenters. The fourth-order valence-corrected chi connectivity index (χ4v) is 2.53. The topological polar surface area (TPSA) is 57.4 Å². The molecule has 0 aliphatic carbocycles. The molecule has 5 nitrogen and oxygen atoms in total. The predicted octanol–water partition coefficient (Wildman–Crippen LogP) is 2.67. The van der Waals surface area contributed by atoms with E-state index in [1.54, 1.807) is 0 Å². The molecular formula is C15H25N3O2. The monoisotopic (exact) mass is 279 g/mol. The van der Waals surface area contributed by atoms with Crippen molar-refractivity contribution in [2.75, 3.05) is 13.1 Å². The summed E-state index contributed by atoms with van der Waals surface area (Å²) in [6, 6.07) is 4.62. The summed E-state index contributed by atoms with van der Waals surface area (Å²) in [5, 5.41) is 2.95. The third-order valence-electron chi connectivity index (χ3n) is 3.56. The molecule has 0 spiro atoms. The number of nitrogens with one attached hydrogen (secondary N) is 2. The number of carbonyl (C=O) groups is 1. The average molecular weight is 279 g/mol. The van der Waals surface area contributed by atoms with E-state index in [0.29, 0.717) is 6.04 Å². The Kier molecular flexibility index (Phi) is 4.38. The molecule has 1 aliphatic rings. The Labute approximate surface area is 120 Å². The van der Waals surface area contributed by atoms with Crippen molar-refractivity contribution < 1.29 is 9.53 Å². The van der Waals surface area contributed by atoms with Crippen molar-refractivity contribution in [3.05, 3.63) is 24.0 Å². The van der Waals surface area contributed by atoms with Gasteiger partial charge in [-0.25, -0.2) is 4.79 Å². The van der Waals surface area contributed by atoms with Gasteiger partial charge < -0.3 is 15.0 Å². The molecule has 1 aromatic heterocycles. The van der Waals surface area contributed by atoms with Crippen molar-refractivity contribution in [2.45, 2.75) is 51.8 Å². The normalized spacial score (nSPS) is 21.7. The second-order valence-electron chi connectivity index (χ2n) is 6.43. The summed E-state index contributed by atoms with van der Waals surface area (Å²) in [6.45, 7) is 9.66. The number of hydrogen-bond donors (Lipinski definition) is 2. The number of hydrogen-bond acceptors (Lipinski definition) is 3. The highest BCUT2D eigenvalue weighted by atomic mass is 16.6. The van der Waals surface area contributed by atoms with Crippen LogP contribution in [0.3, 0.4) is 0 Å². The summed E-state index contributed by atoms with van der Waals surface area (Å²) >= 11 is 0. The minimum atomic E-state index is -0.445. The van der Waals surface area contributed by atoms with E-state index in [1.165, 1.54) is 5.69 Å².